The van der Waals surface area contributed by atoms with E-state index in [0.717, 1.165) is 150 Å². The molecule has 11 aromatic carbocycles. The monoisotopic (exact) mass is 1320 g/mol. The predicted octanol–water partition coefficient (Wildman–Crippen LogP) is 20.6. The second kappa shape index (κ2) is 20.0. The molecule has 1 aliphatic rings. The van der Waals surface area contributed by atoms with Crippen molar-refractivity contribution in [1.29, 1.82) is 0 Å². The van der Waals surface area contributed by atoms with Crippen LogP contribution in [-0.2, 0) is 31.9 Å². The maximum Gasteiger partial charge on any atom is 0.268 e. The van der Waals surface area contributed by atoms with Crippen molar-refractivity contribution >= 4 is 76.7 Å². The molecule has 88 heavy (non-hydrogen) atoms. The van der Waals surface area contributed by atoms with E-state index in [-0.39, 0.29) is 31.9 Å². The summed E-state index contributed by atoms with van der Waals surface area (Å²) in [4.78, 5) is 4.94. The van der Waals surface area contributed by atoms with E-state index >= 15 is 0 Å². The number of imidazole rings is 1. The maximum atomic E-state index is 6.93. The van der Waals surface area contributed by atoms with Gasteiger partial charge in [0.15, 0.2) is 0 Å². The standard InChI is InChI=1S/C80H56N4O3.Pt/c1-79(2,3)51-31-33-59-57-19-7-8-20-58(57)68-41-50(48-29-35-74-66(39-48)62-22-10-13-27-72(62)86-74)42-71-78(68)83(77-56(24-16-25-64(77)65(59)43-51)49-30-36-75-67(40-49)63-23-11-14-28-73(63)87-75)47-82(71)53-17-15-18-54(45-53)85-55-32-34-61-60-21-9-12-26-69(60)84(70(61)46-55)76-44-52(37-38-81-76)80(4,5)6;/h7-44H,1-6H3;/q-2;. The summed E-state index contributed by atoms with van der Waals surface area (Å²) in [5.74, 6) is 1.92. The van der Waals surface area contributed by atoms with Gasteiger partial charge in [-0.2, -0.15) is 18.2 Å². The summed E-state index contributed by atoms with van der Waals surface area (Å²) in [6, 6.07) is 87.7. The van der Waals surface area contributed by atoms with Gasteiger partial charge in [-0.05, 0) is 149 Å². The van der Waals surface area contributed by atoms with Crippen LogP contribution in [0.5, 0.6) is 11.5 Å². The number of nitrogens with zero attached hydrogens (tertiary/aromatic N) is 4. The number of benzene rings is 11. The first-order chi connectivity index (χ1) is 42.4. The third kappa shape index (κ3) is 8.50. The van der Waals surface area contributed by atoms with Crippen LogP contribution in [0.25, 0.3) is 150 Å². The Morgan fingerprint density at radius 1 is 0.420 bits per heavy atom. The maximum absolute atomic E-state index is 6.93. The Morgan fingerprint density at radius 2 is 1.02 bits per heavy atom. The van der Waals surface area contributed by atoms with Crippen molar-refractivity contribution in [2.24, 2.45) is 0 Å². The van der Waals surface area contributed by atoms with Gasteiger partial charge in [0.05, 0.1) is 16.7 Å². The van der Waals surface area contributed by atoms with E-state index in [2.05, 4.69) is 256 Å². The zero-order valence-corrected chi connectivity index (χ0v) is 51.5. The molecule has 16 aromatic rings. The van der Waals surface area contributed by atoms with Crippen molar-refractivity contribution < 1.29 is 39.2 Å². The van der Waals surface area contributed by atoms with E-state index in [9.17, 15) is 0 Å². The van der Waals surface area contributed by atoms with Gasteiger partial charge in [-0.1, -0.05) is 181 Å². The molecule has 5 aromatic heterocycles. The molecule has 426 valence electrons. The molecule has 8 heteroatoms. The molecule has 0 atom stereocenters. The molecule has 0 N–H and O–H groups in total. The molecule has 0 bridgehead atoms. The fourth-order valence-electron chi connectivity index (χ4n) is 13.3. The van der Waals surface area contributed by atoms with E-state index in [1.807, 2.05) is 48.7 Å². The number of hydrogen-bond acceptors (Lipinski definition) is 4. The van der Waals surface area contributed by atoms with Gasteiger partial charge in [0.2, 0.25) is 0 Å². The van der Waals surface area contributed by atoms with E-state index in [4.69, 9.17) is 18.6 Å². The number of rotatable bonds is 6. The number of furan rings is 2. The van der Waals surface area contributed by atoms with E-state index in [1.54, 1.807) is 0 Å². The van der Waals surface area contributed by atoms with Crippen molar-refractivity contribution in [2.75, 3.05) is 0 Å². The smallest absolute Gasteiger partial charge is 0.268 e. The summed E-state index contributed by atoms with van der Waals surface area (Å²) in [7, 11) is 0. The molecule has 0 spiro atoms. The second-order valence-electron chi connectivity index (χ2n) is 25.1. The van der Waals surface area contributed by atoms with Crippen LogP contribution in [0.3, 0.4) is 0 Å². The van der Waals surface area contributed by atoms with Crippen LogP contribution < -0.4 is 9.30 Å². The molecule has 0 fully saturated rings. The zero-order chi connectivity index (χ0) is 58.4. The molecular formula is C80H56N4O3Pt-2. The SMILES string of the molecule is CC(C)(C)c1ccnc(-n2c3[c-]c(Oc4[c-]c(-n5[c-][n+]6c7c(cc(-c8ccc9oc%10ccccc%10c9c8)cc75)-c5ccccc5-c5ccc(C(C)(C)C)cc5-c5cccc(-c7ccc8oc9ccccc9c8c7)c5-6)ccc4)ccc3c3ccccc32)c1.[Pt]. The Kier molecular flexibility index (Phi) is 12.1. The molecule has 0 amide bonds. The number of hydrogen-bond donors (Lipinski definition) is 0. The number of fused-ring (bicyclic) bond motifs is 16. The largest absolute Gasteiger partial charge is 0.510 e. The molecule has 0 radical (unpaired) electrons. The molecule has 1 aliphatic heterocycles. The zero-order valence-electron chi connectivity index (χ0n) is 49.3. The van der Waals surface area contributed by atoms with E-state index < -0.39 is 0 Å². The summed E-state index contributed by atoms with van der Waals surface area (Å²) in [5.41, 5.74) is 22.2. The third-order valence-electron chi connectivity index (χ3n) is 17.7. The first-order valence-electron chi connectivity index (χ1n) is 29.7. The van der Waals surface area contributed by atoms with Crippen LogP contribution in [0.15, 0.2) is 239 Å². The molecule has 0 aliphatic carbocycles. The number of para-hydroxylation sites is 4. The quantitative estimate of drug-likeness (QED) is 0.123. The minimum absolute atomic E-state index is 0. The summed E-state index contributed by atoms with van der Waals surface area (Å²) in [6.07, 6.45) is 5.98. The minimum Gasteiger partial charge on any atom is -0.510 e. The van der Waals surface area contributed by atoms with Crippen molar-refractivity contribution in [3.05, 3.63) is 260 Å². The van der Waals surface area contributed by atoms with Crippen LogP contribution in [0.2, 0.25) is 0 Å². The van der Waals surface area contributed by atoms with Crippen LogP contribution in [0, 0.1) is 18.5 Å². The molecular weight excluding hydrogens is 1260 g/mol. The Labute approximate surface area is 523 Å². The average Bonchev–Trinajstić information content (AvgIpc) is 1.56. The number of pyridine rings is 1. The topological polar surface area (TPSA) is 62.1 Å². The molecule has 0 unspecified atom stereocenters. The van der Waals surface area contributed by atoms with Crippen LogP contribution in [0.1, 0.15) is 52.7 Å². The van der Waals surface area contributed by atoms with Crippen LogP contribution in [-0.4, -0.2) is 14.1 Å². The van der Waals surface area contributed by atoms with E-state index in [1.165, 1.54) is 11.1 Å². The van der Waals surface area contributed by atoms with Crippen molar-refractivity contribution in [1.82, 2.24) is 14.1 Å². The summed E-state index contributed by atoms with van der Waals surface area (Å²) >= 11 is 0. The average molecular weight is 1320 g/mol. The first kappa shape index (κ1) is 53.4. The minimum atomic E-state index is -0.132. The first-order valence-corrected chi connectivity index (χ1v) is 29.7. The van der Waals surface area contributed by atoms with Gasteiger partial charge in [-0.15, -0.1) is 29.7 Å². The molecule has 0 saturated carbocycles. The fourth-order valence-corrected chi connectivity index (χ4v) is 13.3. The Bertz CT molecular complexity index is 5550. The molecule has 0 saturated heterocycles. The van der Waals surface area contributed by atoms with E-state index in [0.29, 0.717) is 11.5 Å². The molecule has 6 heterocycles. The molecule has 17 rings (SSSR count). The Hall–Kier alpha value is -10.1. The van der Waals surface area contributed by atoms with Gasteiger partial charge in [0, 0.05) is 65.8 Å². The van der Waals surface area contributed by atoms with Crippen LogP contribution >= 0.6 is 0 Å². The Balaban J connectivity index is 0.00000624. The van der Waals surface area contributed by atoms with Gasteiger partial charge in [-0.25, -0.2) is 4.98 Å². The van der Waals surface area contributed by atoms with Crippen LogP contribution in [0.4, 0.5) is 0 Å². The normalized spacial score (nSPS) is 12.3. The third-order valence-corrected chi connectivity index (χ3v) is 17.7. The molecule has 7 nitrogen and oxygen atoms in total. The Morgan fingerprint density at radius 3 is 1.77 bits per heavy atom. The number of aromatic nitrogens is 4. The van der Waals surface area contributed by atoms with Gasteiger partial charge in [-0.3, -0.25) is 4.57 Å². The number of ether oxygens (including phenoxy) is 1. The van der Waals surface area contributed by atoms with Crippen molar-refractivity contribution in [3.63, 3.8) is 0 Å². The van der Waals surface area contributed by atoms with Gasteiger partial charge >= 0.3 is 0 Å². The fraction of sp³-hybridized carbons (Fsp3) is 0.100. The van der Waals surface area contributed by atoms with Gasteiger partial charge in [0.25, 0.3) is 6.33 Å². The van der Waals surface area contributed by atoms with Crippen molar-refractivity contribution in [2.45, 2.75) is 52.4 Å². The second-order valence-corrected chi connectivity index (χ2v) is 25.1. The van der Waals surface area contributed by atoms with Crippen molar-refractivity contribution in [3.8, 4) is 84.3 Å². The van der Waals surface area contributed by atoms with Gasteiger partial charge < -0.3 is 22.7 Å². The van der Waals surface area contributed by atoms with Gasteiger partial charge in [0.1, 0.15) is 28.1 Å². The summed E-state index contributed by atoms with van der Waals surface area (Å²) < 4.78 is 26.5. The predicted molar refractivity (Wildman–Crippen MR) is 353 cm³/mol. The summed E-state index contributed by atoms with van der Waals surface area (Å²) in [6.45, 7) is 13.6. The summed E-state index contributed by atoms with van der Waals surface area (Å²) in [5, 5.41) is 6.46.